The van der Waals surface area contributed by atoms with Crippen molar-refractivity contribution in [1.29, 1.82) is 0 Å². The second-order valence-electron chi connectivity index (χ2n) is 7.91. The van der Waals surface area contributed by atoms with Gasteiger partial charge < -0.3 is 4.90 Å². The van der Waals surface area contributed by atoms with Gasteiger partial charge >= 0.3 is 0 Å². The maximum absolute atomic E-state index is 2.52. The average Bonchev–Trinajstić information content (AvgIpc) is 2.46. The Kier molecular flexibility index (Phi) is 6.54. The van der Waals surface area contributed by atoms with Gasteiger partial charge in [-0.05, 0) is 46.7 Å². The van der Waals surface area contributed by atoms with E-state index in [1.54, 1.807) is 5.56 Å². The van der Waals surface area contributed by atoms with Crippen LogP contribution in [0.4, 0.5) is 5.69 Å². The molecule has 5 heteroatoms. The van der Waals surface area contributed by atoms with Crippen molar-refractivity contribution < 1.29 is 0 Å². The van der Waals surface area contributed by atoms with Gasteiger partial charge in [0.2, 0.25) is 0 Å². The molecule has 2 rings (SSSR count). The lowest BCUT2D eigenvalue weighted by Gasteiger charge is -2.37. The van der Waals surface area contributed by atoms with E-state index >= 15 is 0 Å². The third kappa shape index (κ3) is 4.90. The standard InChI is InChI=1S/C18H31NS3Si/c1-18(2,3)23(6,7)22-16-10-9-14(19(4)5)13-15(16)17-20-11-8-12-21-17/h9-10,13,17H,8,11-12H2,1-7H3. The summed E-state index contributed by atoms with van der Waals surface area (Å²) in [5.74, 6) is 2.60. The molecule has 0 N–H and O–H groups in total. The summed E-state index contributed by atoms with van der Waals surface area (Å²) in [5.41, 5.74) is 2.88. The van der Waals surface area contributed by atoms with Gasteiger partial charge in [0.25, 0.3) is 0 Å². The minimum absolute atomic E-state index is 0.405. The molecule has 1 fully saturated rings. The third-order valence-corrected chi connectivity index (χ3v) is 16.5. The maximum Gasteiger partial charge on any atom is 0.122 e. The van der Waals surface area contributed by atoms with Crippen molar-refractivity contribution in [2.75, 3.05) is 30.5 Å². The van der Waals surface area contributed by atoms with Crippen molar-refractivity contribution in [3.63, 3.8) is 0 Å². The molecule has 1 aromatic carbocycles. The van der Waals surface area contributed by atoms with Crippen molar-refractivity contribution >= 4 is 47.6 Å². The van der Waals surface area contributed by atoms with E-state index in [-0.39, 0.29) is 0 Å². The average molecular weight is 386 g/mol. The Labute approximate surface area is 156 Å². The van der Waals surface area contributed by atoms with Crippen LogP contribution < -0.4 is 4.90 Å². The maximum atomic E-state index is 2.52. The molecule has 1 aliphatic rings. The number of thioether (sulfide) groups is 2. The Hall–Kier alpha value is 0.287. The van der Waals surface area contributed by atoms with Crippen LogP contribution in [0.3, 0.4) is 0 Å². The van der Waals surface area contributed by atoms with E-state index in [1.165, 1.54) is 28.5 Å². The molecular weight excluding hydrogens is 354 g/mol. The molecule has 0 radical (unpaired) electrons. The Morgan fingerprint density at radius 3 is 2.26 bits per heavy atom. The SMILES string of the molecule is CN(C)c1ccc(S[Si](C)(C)C(C)(C)C)c(C2SCCCS2)c1. The summed E-state index contributed by atoms with van der Waals surface area (Å²) in [5, 5.41) is 0.405. The van der Waals surface area contributed by atoms with E-state index in [9.17, 15) is 0 Å². The van der Waals surface area contributed by atoms with E-state index in [1.807, 2.05) is 0 Å². The van der Waals surface area contributed by atoms with Crippen LogP contribution >= 0.6 is 34.7 Å². The summed E-state index contributed by atoms with van der Waals surface area (Å²) in [7, 11) is 2.88. The summed E-state index contributed by atoms with van der Waals surface area (Å²) in [4.78, 5) is 3.75. The molecule has 1 aliphatic heterocycles. The zero-order chi connectivity index (χ0) is 17.3. The Morgan fingerprint density at radius 2 is 1.74 bits per heavy atom. The summed E-state index contributed by atoms with van der Waals surface area (Å²) < 4.78 is 0.607. The quantitative estimate of drug-likeness (QED) is 0.529. The van der Waals surface area contributed by atoms with Gasteiger partial charge in [-0.3, -0.25) is 0 Å². The smallest absolute Gasteiger partial charge is 0.122 e. The molecule has 23 heavy (non-hydrogen) atoms. The molecule has 0 spiro atoms. The van der Waals surface area contributed by atoms with Crippen LogP contribution in [0.25, 0.3) is 0 Å². The van der Waals surface area contributed by atoms with Crippen LogP contribution in [0.15, 0.2) is 23.1 Å². The van der Waals surface area contributed by atoms with Crippen molar-refractivity contribution in [3.8, 4) is 0 Å². The first-order chi connectivity index (χ1) is 10.6. The van der Waals surface area contributed by atoms with E-state index < -0.39 is 7.22 Å². The van der Waals surface area contributed by atoms with E-state index in [0.717, 1.165) is 0 Å². The van der Waals surface area contributed by atoms with Crippen molar-refractivity contribution in [3.05, 3.63) is 23.8 Å². The fourth-order valence-corrected chi connectivity index (χ4v) is 9.69. The van der Waals surface area contributed by atoms with E-state index in [2.05, 4.69) is 106 Å². The number of rotatable bonds is 4. The number of hydrogen-bond acceptors (Lipinski definition) is 4. The summed E-state index contributed by atoms with van der Waals surface area (Å²) >= 11 is 6.45. The predicted molar refractivity (Wildman–Crippen MR) is 116 cm³/mol. The first-order valence-corrected chi connectivity index (χ1v) is 15.0. The minimum atomic E-state index is -1.40. The van der Waals surface area contributed by atoms with Crippen LogP contribution in [0, 0.1) is 0 Å². The topological polar surface area (TPSA) is 3.24 Å². The summed E-state index contributed by atoms with van der Waals surface area (Å²) in [6, 6.07) is 7.11. The molecule has 0 amide bonds. The molecule has 1 aromatic rings. The van der Waals surface area contributed by atoms with Crippen LogP contribution in [0.2, 0.25) is 18.1 Å². The fraction of sp³-hybridized carbons (Fsp3) is 0.667. The lowest BCUT2D eigenvalue weighted by atomic mass is 10.2. The molecule has 1 saturated heterocycles. The van der Waals surface area contributed by atoms with Gasteiger partial charge in [0.15, 0.2) is 0 Å². The molecule has 0 unspecified atom stereocenters. The van der Waals surface area contributed by atoms with Crippen molar-refractivity contribution in [2.24, 2.45) is 0 Å². The van der Waals surface area contributed by atoms with E-state index in [4.69, 9.17) is 0 Å². The Morgan fingerprint density at radius 1 is 1.13 bits per heavy atom. The Bertz CT molecular complexity index is 532. The number of hydrogen-bond donors (Lipinski definition) is 0. The van der Waals surface area contributed by atoms with E-state index in [0.29, 0.717) is 9.62 Å². The molecule has 1 heterocycles. The number of anilines is 1. The first kappa shape index (κ1) is 19.6. The Balaban J connectivity index is 2.37. The second-order valence-corrected chi connectivity index (χ2v) is 19.5. The predicted octanol–water partition coefficient (Wildman–Crippen LogP) is 6.72. The monoisotopic (exact) mass is 385 g/mol. The summed E-state index contributed by atoms with van der Waals surface area (Å²) in [6.45, 7) is 12.3. The largest absolute Gasteiger partial charge is 0.378 e. The normalized spacial score (nSPS) is 17.3. The molecule has 0 aliphatic carbocycles. The van der Waals surface area contributed by atoms with Gasteiger partial charge in [-0.15, -0.1) is 23.5 Å². The van der Waals surface area contributed by atoms with Gasteiger partial charge in [0.1, 0.15) is 7.22 Å². The first-order valence-electron chi connectivity index (χ1n) is 8.35. The number of nitrogens with zero attached hydrogens (tertiary/aromatic N) is 1. The molecule has 0 aromatic heterocycles. The highest BCUT2D eigenvalue weighted by Gasteiger charge is 2.37. The summed E-state index contributed by atoms with van der Waals surface area (Å²) in [6.07, 6.45) is 1.35. The van der Waals surface area contributed by atoms with Crippen molar-refractivity contribution in [1.82, 2.24) is 0 Å². The lowest BCUT2D eigenvalue weighted by molar-refractivity contribution is 0.736. The lowest BCUT2D eigenvalue weighted by Crippen LogP contribution is -2.33. The van der Waals surface area contributed by atoms with Gasteiger partial charge in [0.05, 0.1) is 4.58 Å². The molecule has 1 nitrogen and oxygen atoms in total. The third-order valence-electron chi connectivity index (χ3n) is 4.76. The van der Waals surface area contributed by atoms with Gasteiger partial charge in [-0.1, -0.05) is 33.9 Å². The molecule has 0 bridgehead atoms. The highest BCUT2D eigenvalue weighted by molar-refractivity contribution is 8.29. The molecule has 0 saturated carbocycles. The fourth-order valence-electron chi connectivity index (χ4n) is 2.19. The van der Waals surface area contributed by atoms with Crippen LogP contribution in [0.5, 0.6) is 0 Å². The van der Waals surface area contributed by atoms with Crippen LogP contribution in [-0.4, -0.2) is 32.8 Å². The van der Waals surface area contributed by atoms with Crippen molar-refractivity contribution in [2.45, 2.75) is 54.8 Å². The zero-order valence-electron chi connectivity index (χ0n) is 15.6. The van der Waals surface area contributed by atoms with Gasteiger partial charge in [0, 0.05) is 24.7 Å². The van der Waals surface area contributed by atoms with Crippen LogP contribution in [0.1, 0.15) is 37.3 Å². The molecular formula is C18H31NS3Si. The second kappa shape index (κ2) is 7.67. The van der Waals surface area contributed by atoms with Crippen LogP contribution in [-0.2, 0) is 0 Å². The zero-order valence-corrected chi connectivity index (χ0v) is 19.1. The molecule has 0 atom stereocenters. The molecule has 130 valence electrons. The van der Waals surface area contributed by atoms with Gasteiger partial charge in [-0.25, -0.2) is 0 Å². The highest BCUT2D eigenvalue weighted by Crippen LogP contribution is 2.52. The highest BCUT2D eigenvalue weighted by atomic mass is 32.4. The van der Waals surface area contributed by atoms with Gasteiger partial charge in [-0.2, -0.15) is 11.2 Å². The number of benzene rings is 1. The minimum Gasteiger partial charge on any atom is -0.378 e.